The molecule has 0 heterocycles. The van der Waals surface area contributed by atoms with Crippen LogP contribution in [-0.4, -0.2) is 25.2 Å². The van der Waals surface area contributed by atoms with Gasteiger partial charge in [0.05, 0.1) is 4.90 Å². The van der Waals surface area contributed by atoms with E-state index in [2.05, 4.69) is 15.9 Å². The Balaban J connectivity index is 2.74. The molecule has 19 heavy (non-hydrogen) atoms. The molecule has 0 bridgehead atoms. The van der Waals surface area contributed by atoms with E-state index in [4.69, 9.17) is 0 Å². The second-order valence-corrected chi connectivity index (χ2v) is 6.82. The van der Waals surface area contributed by atoms with E-state index in [1.807, 2.05) is 0 Å². The van der Waals surface area contributed by atoms with E-state index in [1.165, 1.54) is 0 Å². The highest BCUT2D eigenvalue weighted by atomic mass is 79.9. The molecule has 3 nitrogen and oxygen atoms in total. The van der Waals surface area contributed by atoms with Gasteiger partial charge in [0.25, 0.3) is 9.84 Å². The molecule has 0 spiro atoms. The SMILES string of the molecule is O=S(=O)(c1ccc(Br)c2c1[C@H](O)[C@@H](F)C2)C(F)(F)F. The van der Waals surface area contributed by atoms with E-state index in [9.17, 15) is 31.1 Å². The van der Waals surface area contributed by atoms with Gasteiger partial charge in [-0.05, 0) is 17.7 Å². The van der Waals surface area contributed by atoms with Crippen molar-refractivity contribution in [3.05, 3.63) is 27.7 Å². The summed E-state index contributed by atoms with van der Waals surface area (Å²) < 4.78 is 74.1. The molecular weight excluding hydrogens is 356 g/mol. The van der Waals surface area contributed by atoms with Crippen LogP contribution < -0.4 is 0 Å². The van der Waals surface area contributed by atoms with Crippen molar-refractivity contribution >= 4 is 25.8 Å². The molecule has 1 aromatic rings. The number of hydrogen-bond acceptors (Lipinski definition) is 3. The molecule has 9 heteroatoms. The maximum absolute atomic E-state index is 13.4. The predicted octanol–water partition coefficient (Wildman–Crippen LogP) is 2.67. The van der Waals surface area contributed by atoms with Gasteiger partial charge in [0.1, 0.15) is 12.3 Å². The van der Waals surface area contributed by atoms with Crippen LogP contribution in [0, 0.1) is 0 Å². The summed E-state index contributed by atoms with van der Waals surface area (Å²) in [6, 6.07) is 1.81. The van der Waals surface area contributed by atoms with Gasteiger partial charge < -0.3 is 5.11 Å². The minimum absolute atomic E-state index is 0.0466. The van der Waals surface area contributed by atoms with Gasteiger partial charge in [-0.2, -0.15) is 13.2 Å². The zero-order valence-electron chi connectivity index (χ0n) is 9.08. The zero-order valence-corrected chi connectivity index (χ0v) is 11.5. The molecule has 0 fully saturated rings. The first-order valence-corrected chi connectivity index (χ1v) is 7.29. The third kappa shape index (κ3) is 2.17. The summed E-state index contributed by atoms with van der Waals surface area (Å²) in [5.41, 5.74) is -5.97. The van der Waals surface area contributed by atoms with Crippen LogP contribution in [0.15, 0.2) is 21.5 Å². The van der Waals surface area contributed by atoms with Gasteiger partial charge in [0.2, 0.25) is 0 Å². The minimum Gasteiger partial charge on any atom is -0.385 e. The molecule has 1 aliphatic rings. The molecule has 0 aromatic heterocycles. The molecule has 1 N–H and O–H groups in total. The molecule has 0 amide bonds. The molecule has 0 unspecified atom stereocenters. The standard InChI is InChI=1S/C10H7BrF4O3S/c11-5-1-2-7(19(17,18)10(13,14)15)8-4(5)3-6(12)9(8)16/h1-2,6,9,16H,3H2/t6-,9+/m0/s1. The Morgan fingerprint density at radius 3 is 2.42 bits per heavy atom. The highest BCUT2D eigenvalue weighted by Crippen LogP contribution is 2.44. The van der Waals surface area contributed by atoms with Gasteiger partial charge in [-0.1, -0.05) is 15.9 Å². The molecule has 1 aromatic carbocycles. The van der Waals surface area contributed by atoms with Gasteiger partial charge in [-0.15, -0.1) is 0 Å². The number of rotatable bonds is 1. The highest BCUT2D eigenvalue weighted by Gasteiger charge is 2.50. The molecule has 0 saturated carbocycles. The number of fused-ring (bicyclic) bond motifs is 1. The van der Waals surface area contributed by atoms with Gasteiger partial charge >= 0.3 is 5.51 Å². The van der Waals surface area contributed by atoms with Crippen LogP contribution in [0.3, 0.4) is 0 Å². The van der Waals surface area contributed by atoms with Gasteiger partial charge in [0.15, 0.2) is 0 Å². The molecule has 106 valence electrons. The lowest BCUT2D eigenvalue weighted by Crippen LogP contribution is -2.25. The van der Waals surface area contributed by atoms with E-state index in [1.54, 1.807) is 0 Å². The Labute approximate surface area is 114 Å². The van der Waals surface area contributed by atoms with Crippen molar-refractivity contribution in [2.45, 2.75) is 29.1 Å². The van der Waals surface area contributed by atoms with Crippen LogP contribution in [0.25, 0.3) is 0 Å². The molecule has 0 saturated heterocycles. The summed E-state index contributed by atoms with van der Waals surface area (Å²) in [6.07, 6.45) is -4.03. The number of hydrogen-bond donors (Lipinski definition) is 1. The number of sulfone groups is 1. The number of alkyl halides is 4. The van der Waals surface area contributed by atoms with Crippen molar-refractivity contribution in [2.24, 2.45) is 0 Å². The van der Waals surface area contributed by atoms with Crippen molar-refractivity contribution in [1.82, 2.24) is 0 Å². The Morgan fingerprint density at radius 2 is 1.89 bits per heavy atom. The Kier molecular flexibility index (Phi) is 3.43. The van der Waals surface area contributed by atoms with Crippen LogP contribution in [0.1, 0.15) is 17.2 Å². The monoisotopic (exact) mass is 362 g/mol. The van der Waals surface area contributed by atoms with Crippen molar-refractivity contribution in [1.29, 1.82) is 0 Å². The first-order valence-electron chi connectivity index (χ1n) is 5.02. The van der Waals surface area contributed by atoms with Gasteiger partial charge in [0, 0.05) is 16.5 Å². The summed E-state index contributed by atoms with van der Waals surface area (Å²) in [5, 5.41) is 9.56. The fourth-order valence-corrected chi connectivity index (χ4v) is 3.53. The number of benzene rings is 1. The van der Waals surface area contributed by atoms with Crippen molar-refractivity contribution in [3.8, 4) is 0 Å². The first kappa shape index (κ1) is 14.7. The third-order valence-electron chi connectivity index (χ3n) is 2.89. The van der Waals surface area contributed by atoms with Gasteiger partial charge in [-0.3, -0.25) is 0 Å². The quantitative estimate of drug-likeness (QED) is 0.781. The smallest absolute Gasteiger partial charge is 0.385 e. The van der Waals surface area contributed by atoms with E-state index in [0.717, 1.165) is 6.07 Å². The summed E-state index contributed by atoms with van der Waals surface area (Å²) in [4.78, 5) is -1.09. The number of aliphatic hydroxyl groups excluding tert-OH is 1. The molecule has 0 aliphatic heterocycles. The van der Waals surface area contributed by atoms with E-state index >= 15 is 0 Å². The van der Waals surface area contributed by atoms with Crippen molar-refractivity contribution in [2.75, 3.05) is 0 Å². The summed E-state index contributed by atoms with van der Waals surface area (Å²) in [5.74, 6) is 0. The third-order valence-corrected chi connectivity index (χ3v) is 5.18. The minimum atomic E-state index is -5.62. The van der Waals surface area contributed by atoms with Crippen molar-refractivity contribution in [3.63, 3.8) is 0 Å². The van der Waals surface area contributed by atoms with E-state index in [0.29, 0.717) is 6.07 Å². The lowest BCUT2D eigenvalue weighted by atomic mass is 10.1. The Bertz CT molecular complexity index is 626. The summed E-state index contributed by atoms with van der Waals surface area (Å²) in [6.45, 7) is 0. The molecule has 0 radical (unpaired) electrons. The zero-order chi connectivity index (χ0) is 14.6. The molecule has 2 rings (SSSR count). The van der Waals surface area contributed by atoms with E-state index < -0.39 is 38.1 Å². The average molecular weight is 363 g/mol. The van der Waals surface area contributed by atoms with Crippen LogP contribution in [0.4, 0.5) is 17.6 Å². The van der Waals surface area contributed by atoms with Crippen LogP contribution in [-0.2, 0) is 16.3 Å². The van der Waals surface area contributed by atoms with Crippen LogP contribution in [0.2, 0.25) is 0 Å². The summed E-state index contributed by atoms with van der Waals surface area (Å²) >= 11 is 3.00. The molecule has 2 atom stereocenters. The predicted molar refractivity (Wildman–Crippen MR) is 60.9 cm³/mol. The fourth-order valence-electron chi connectivity index (χ4n) is 1.99. The second kappa shape index (κ2) is 4.42. The second-order valence-electron chi connectivity index (χ2n) is 4.05. The van der Waals surface area contributed by atoms with E-state index in [-0.39, 0.29) is 16.5 Å². The normalized spacial score (nSPS) is 23.5. The first-order chi connectivity index (χ1) is 8.57. The molecular formula is C10H7BrF4O3S. The molecule has 1 aliphatic carbocycles. The summed E-state index contributed by atoms with van der Waals surface area (Å²) in [7, 11) is -5.62. The maximum atomic E-state index is 13.4. The number of halogens is 5. The Hall–Kier alpha value is -0.670. The number of aliphatic hydroxyl groups is 1. The van der Waals surface area contributed by atoms with Crippen LogP contribution in [0.5, 0.6) is 0 Å². The largest absolute Gasteiger partial charge is 0.501 e. The topological polar surface area (TPSA) is 54.4 Å². The van der Waals surface area contributed by atoms with Gasteiger partial charge in [-0.25, -0.2) is 12.8 Å². The van der Waals surface area contributed by atoms with Crippen molar-refractivity contribution < 1.29 is 31.1 Å². The maximum Gasteiger partial charge on any atom is 0.501 e. The average Bonchev–Trinajstić information content (AvgIpc) is 2.56. The lowest BCUT2D eigenvalue weighted by Gasteiger charge is -2.15. The lowest BCUT2D eigenvalue weighted by molar-refractivity contribution is -0.0437. The fraction of sp³-hybridized carbons (Fsp3) is 0.400. The van der Waals surface area contributed by atoms with Crippen LogP contribution >= 0.6 is 15.9 Å². The Morgan fingerprint density at radius 1 is 1.32 bits per heavy atom. The highest BCUT2D eigenvalue weighted by molar-refractivity contribution is 9.10.